The molecule has 10 nitrogen and oxygen atoms in total. The molecule has 0 aromatic heterocycles. The molecule has 1 aromatic rings. The molecule has 11 heteroatoms. The zero-order valence-corrected chi connectivity index (χ0v) is 9.84. The van der Waals surface area contributed by atoms with Gasteiger partial charge in [0.25, 0.3) is 0 Å². The number of nitrogens with zero attached hydrogens (tertiary/aromatic N) is 2. The summed E-state index contributed by atoms with van der Waals surface area (Å²) in [5.74, 6) is -1.53. The highest BCUT2D eigenvalue weighted by molar-refractivity contribution is 7.80. The zero-order chi connectivity index (χ0) is 14.7. The van der Waals surface area contributed by atoms with E-state index in [0.717, 1.165) is 0 Å². The molecule has 0 radical (unpaired) electrons. The van der Waals surface area contributed by atoms with Gasteiger partial charge in [0.2, 0.25) is 0 Å². The van der Waals surface area contributed by atoms with Crippen molar-refractivity contribution < 1.29 is 19.7 Å². The highest BCUT2D eigenvalue weighted by atomic mass is 32.1. The van der Waals surface area contributed by atoms with Crippen molar-refractivity contribution in [2.75, 3.05) is 5.32 Å². The second-order valence-electron chi connectivity index (χ2n) is 3.20. The van der Waals surface area contributed by atoms with E-state index >= 15 is 0 Å². The van der Waals surface area contributed by atoms with Crippen molar-refractivity contribution in [2.24, 2.45) is 5.73 Å². The minimum Gasteiger partial charge on any atom is -0.478 e. The summed E-state index contributed by atoms with van der Waals surface area (Å²) in [4.78, 5) is 30.5. The van der Waals surface area contributed by atoms with Crippen molar-refractivity contribution in [3.8, 4) is 0 Å². The second kappa shape index (κ2) is 5.22. The number of hydrogen-bond acceptors (Lipinski definition) is 6. The Labute approximate surface area is 110 Å². The van der Waals surface area contributed by atoms with Crippen LogP contribution in [0.3, 0.4) is 0 Å². The summed E-state index contributed by atoms with van der Waals surface area (Å²) in [5.41, 5.74) is 2.35. The summed E-state index contributed by atoms with van der Waals surface area (Å²) in [7, 11) is 0. The largest absolute Gasteiger partial charge is 0.478 e. The maximum atomic E-state index is 10.8. The van der Waals surface area contributed by atoms with Crippen LogP contribution >= 0.6 is 12.2 Å². The van der Waals surface area contributed by atoms with Crippen molar-refractivity contribution >= 4 is 40.4 Å². The number of thiocarbonyl (C=S) groups is 1. The van der Waals surface area contributed by atoms with Crippen LogP contribution in [0.2, 0.25) is 0 Å². The van der Waals surface area contributed by atoms with E-state index in [2.05, 4.69) is 17.5 Å². The molecule has 1 aromatic carbocycles. The topological polar surface area (TPSA) is 162 Å². The lowest BCUT2D eigenvalue weighted by Crippen LogP contribution is -2.20. The summed E-state index contributed by atoms with van der Waals surface area (Å²) in [6.45, 7) is 0. The molecule has 0 spiro atoms. The van der Waals surface area contributed by atoms with Crippen LogP contribution in [0.25, 0.3) is 0 Å². The molecule has 19 heavy (non-hydrogen) atoms. The van der Waals surface area contributed by atoms with E-state index in [-0.39, 0.29) is 0 Å². The van der Waals surface area contributed by atoms with E-state index in [4.69, 9.17) is 10.8 Å². The third-order valence-electron chi connectivity index (χ3n) is 1.99. The lowest BCUT2D eigenvalue weighted by Gasteiger charge is -2.06. The van der Waals surface area contributed by atoms with Crippen LogP contribution in [0.4, 0.5) is 17.1 Å². The maximum absolute atomic E-state index is 10.8. The molecule has 0 aliphatic carbocycles. The third kappa shape index (κ3) is 3.10. The highest BCUT2D eigenvalue weighted by Crippen LogP contribution is 2.35. The van der Waals surface area contributed by atoms with Gasteiger partial charge in [-0.25, -0.2) is 4.79 Å². The van der Waals surface area contributed by atoms with E-state index in [0.29, 0.717) is 12.1 Å². The van der Waals surface area contributed by atoms with Gasteiger partial charge in [-0.15, -0.1) is 0 Å². The number of benzene rings is 1. The Morgan fingerprint density at radius 3 is 1.95 bits per heavy atom. The third-order valence-corrected chi connectivity index (χ3v) is 2.09. The van der Waals surface area contributed by atoms with Crippen molar-refractivity contribution in [2.45, 2.75) is 0 Å². The lowest BCUT2D eigenvalue weighted by molar-refractivity contribution is -0.392. The lowest BCUT2D eigenvalue weighted by atomic mass is 10.1. The standard InChI is InChI=1S/C8H6N4O6S/c9-8(19)10-6-4(11(15)16)1-3(7(13)14)2-5(6)12(17)18/h1-2H,(H,13,14)(H3,9,10,19). The molecule has 1 rings (SSSR count). The Hall–Kier alpha value is -2.82. The molecule has 0 bridgehead atoms. The molecule has 0 aliphatic heterocycles. The summed E-state index contributed by atoms with van der Waals surface area (Å²) in [6.07, 6.45) is 0. The van der Waals surface area contributed by atoms with Crippen LogP contribution in [-0.4, -0.2) is 26.0 Å². The molecule has 0 amide bonds. The Morgan fingerprint density at radius 2 is 1.68 bits per heavy atom. The number of nitrogens with two attached hydrogens (primary N) is 1. The van der Waals surface area contributed by atoms with Gasteiger partial charge < -0.3 is 16.2 Å². The van der Waals surface area contributed by atoms with E-state index in [9.17, 15) is 25.0 Å². The molecule has 0 heterocycles. The van der Waals surface area contributed by atoms with Gasteiger partial charge in [0, 0.05) is 12.1 Å². The fraction of sp³-hybridized carbons (Fsp3) is 0. The molecule has 0 saturated carbocycles. The first-order valence-corrected chi connectivity index (χ1v) is 4.91. The number of nitrogens with one attached hydrogen (secondary N) is 1. The number of hydrogen-bond donors (Lipinski definition) is 3. The normalized spacial score (nSPS) is 9.68. The minimum atomic E-state index is -1.53. The second-order valence-corrected chi connectivity index (χ2v) is 3.64. The maximum Gasteiger partial charge on any atom is 0.336 e. The van der Waals surface area contributed by atoms with Crippen molar-refractivity contribution in [3.63, 3.8) is 0 Å². The van der Waals surface area contributed by atoms with Crippen molar-refractivity contribution in [1.82, 2.24) is 0 Å². The number of aromatic carboxylic acids is 1. The first-order chi connectivity index (χ1) is 8.73. The van der Waals surface area contributed by atoms with Crippen LogP contribution in [0.1, 0.15) is 10.4 Å². The predicted molar refractivity (Wildman–Crippen MR) is 67.1 cm³/mol. The number of carboxylic acid groups (broad SMARTS) is 1. The number of nitro benzene ring substituents is 2. The number of carbonyl (C=O) groups is 1. The first-order valence-electron chi connectivity index (χ1n) is 4.50. The smallest absolute Gasteiger partial charge is 0.336 e. The fourth-order valence-electron chi connectivity index (χ4n) is 1.27. The van der Waals surface area contributed by atoms with Gasteiger partial charge >= 0.3 is 17.3 Å². The molecule has 0 atom stereocenters. The minimum absolute atomic E-state index is 0.422. The van der Waals surface area contributed by atoms with E-state index in [1.165, 1.54) is 0 Å². The average molecular weight is 286 g/mol. The van der Waals surface area contributed by atoms with E-state index < -0.39 is 43.6 Å². The Morgan fingerprint density at radius 1 is 1.26 bits per heavy atom. The molecule has 0 fully saturated rings. The number of anilines is 1. The van der Waals surface area contributed by atoms with Gasteiger partial charge in [0.05, 0.1) is 15.4 Å². The number of carboxylic acids is 1. The van der Waals surface area contributed by atoms with Crippen LogP contribution in [0, 0.1) is 20.2 Å². The van der Waals surface area contributed by atoms with Crippen LogP contribution < -0.4 is 11.1 Å². The molecule has 0 saturated heterocycles. The molecular formula is C8H6N4O6S. The fourth-order valence-corrected chi connectivity index (χ4v) is 1.38. The average Bonchev–Trinajstić information content (AvgIpc) is 2.27. The van der Waals surface area contributed by atoms with Crippen molar-refractivity contribution in [1.29, 1.82) is 0 Å². The summed E-state index contributed by atoms with van der Waals surface area (Å²) in [5, 5.41) is 32.1. The van der Waals surface area contributed by atoms with Gasteiger partial charge in [0.15, 0.2) is 10.8 Å². The SMILES string of the molecule is NC(=S)Nc1c([N+](=O)[O-])cc(C(=O)O)cc1[N+](=O)[O-]. The van der Waals surface area contributed by atoms with Gasteiger partial charge in [0.1, 0.15) is 0 Å². The zero-order valence-electron chi connectivity index (χ0n) is 9.02. The molecular weight excluding hydrogens is 280 g/mol. The van der Waals surface area contributed by atoms with Crippen molar-refractivity contribution in [3.05, 3.63) is 37.9 Å². The summed E-state index contributed by atoms with van der Waals surface area (Å²) < 4.78 is 0. The van der Waals surface area contributed by atoms with Gasteiger partial charge in [-0.3, -0.25) is 20.2 Å². The van der Waals surface area contributed by atoms with E-state index in [1.54, 1.807) is 0 Å². The predicted octanol–water partition coefficient (Wildman–Crippen LogP) is 0.857. The van der Waals surface area contributed by atoms with Gasteiger partial charge in [-0.2, -0.15) is 0 Å². The monoisotopic (exact) mass is 286 g/mol. The summed E-state index contributed by atoms with van der Waals surface area (Å²) in [6, 6.07) is 1.35. The Kier molecular flexibility index (Phi) is 3.91. The van der Waals surface area contributed by atoms with Crippen LogP contribution in [0.15, 0.2) is 12.1 Å². The number of nitro groups is 2. The van der Waals surface area contributed by atoms with E-state index in [1.807, 2.05) is 0 Å². The van der Waals surface area contributed by atoms with Crippen LogP contribution in [0.5, 0.6) is 0 Å². The quantitative estimate of drug-likeness (QED) is 0.413. The first kappa shape index (κ1) is 14.2. The molecule has 4 N–H and O–H groups in total. The molecule has 0 unspecified atom stereocenters. The van der Waals surface area contributed by atoms with Crippen LogP contribution in [-0.2, 0) is 0 Å². The van der Waals surface area contributed by atoms with Gasteiger partial charge in [-0.05, 0) is 12.2 Å². The molecule has 0 aliphatic rings. The number of rotatable bonds is 4. The summed E-state index contributed by atoms with van der Waals surface area (Å²) >= 11 is 4.46. The highest BCUT2D eigenvalue weighted by Gasteiger charge is 2.28. The Bertz CT molecular complexity index is 566. The molecule has 100 valence electrons. The van der Waals surface area contributed by atoms with Gasteiger partial charge in [-0.1, -0.05) is 0 Å². The Balaban J connectivity index is 3.64.